The first-order valence-corrected chi connectivity index (χ1v) is 10.6. The molecule has 1 aromatic carbocycles. The first-order valence-electron chi connectivity index (χ1n) is 9.82. The molecule has 3 heterocycles. The van der Waals surface area contributed by atoms with Gasteiger partial charge in [0.15, 0.2) is 0 Å². The maximum absolute atomic E-state index is 12.8. The average Bonchev–Trinajstić information content (AvgIpc) is 3.33. The van der Waals surface area contributed by atoms with E-state index in [-0.39, 0.29) is 11.9 Å². The minimum absolute atomic E-state index is 0.121. The molecule has 0 fully saturated rings. The van der Waals surface area contributed by atoms with E-state index in [2.05, 4.69) is 41.0 Å². The summed E-state index contributed by atoms with van der Waals surface area (Å²) >= 11 is 1.41. The fourth-order valence-electron chi connectivity index (χ4n) is 3.41. The summed E-state index contributed by atoms with van der Waals surface area (Å²) in [6.45, 7) is 6.56. The molecule has 154 valence electrons. The summed E-state index contributed by atoms with van der Waals surface area (Å²) in [7, 11) is 1.63. The maximum atomic E-state index is 12.8. The zero-order chi connectivity index (χ0) is 21.3. The molecule has 4 aromatic rings. The molecular weight excluding hydrogens is 396 g/mol. The van der Waals surface area contributed by atoms with E-state index in [9.17, 15) is 4.79 Å². The summed E-state index contributed by atoms with van der Waals surface area (Å²) in [5.41, 5.74) is 3.65. The zero-order valence-corrected chi connectivity index (χ0v) is 18.3. The van der Waals surface area contributed by atoms with Gasteiger partial charge in [-0.2, -0.15) is 0 Å². The molecule has 0 radical (unpaired) electrons. The number of nitrogens with one attached hydrogen (secondary N) is 1. The number of amides is 1. The highest BCUT2D eigenvalue weighted by molar-refractivity contribution is 7.17. The van der Waals surface area contributed by atoms with Gasteiger partial charge in [-0.3, -0.25) is 4.79 Å². The second kappa shape index (κ2) is 8.28. The van der Waals surface area contributed by atoms with Crippen molar-refractivity contribution in [1.82, 2.24) is 19.9 Å². The number of hydrogen-bond donors (Lipinski definition) is 1. The normalized spacial score (nSPS) is 11.2. The lowest BCUT2D eigenvalue weighted by Gasteiger charge is -2.07. The first-order chi connectivity index (χ1) is 14.5. The second-order valence-corrected chi connectivity index (χ2v) is 8.39. The van der Waals surface area contributed by atoms with Crippen LogP contribution in [0.4, 0.5) is 0 Å². The van der Waals surface area contributed by atoms with E-state index in [1.807, 2.05) is 37.3 Å². The number of carbonyl (C=O) groups is 1. The molecule has 0 bridgehead atoms. The van der Waals surface area contributed by atoms with Gasteiger partial charge < -0.3 is 14.6 Å². The molecule has 0 aliphatic rings. The van der Waals surface area contributed by atoms with Crippen LogP contribution in [0, 0.1) is 6.92 Å². The minimum Gasteiger partial charge on any atom is -0.497 e. The van der Waals surface area contributed by atoms with Gasteiger partial charge in [-0.05, 0) is 50.6 Å². The summed E-state index contributed by atoms with van der Waals surface area (Å²) in [5.74, 6) is 0.651. The molecule has 0 atom stereocenters. The van der Waals surface area contributed by atoms with E-state index in [1.54, 1.807) is 13.3 Å². The minimum atomic E-state index is -0.121. The number of methoxy groups -OCH3 is 1. The fraction of sp³-hybridized carbons (Fsp3) is 0.261. The van der Waals surface area contributed by atoms with Gasteiger partial charge in [0.05, 0.1) is 12.8 Å². The third-order valence-electron chi connectivity index (χ3n) is 4.97. The van der Waals surface area contributed by atoms with Crippen LogP contribution in [0.3, 0.4) is 0 Å². The van der Waals surface area contributed by atoms with Gasteiger partial charge in [-0.25, -0.2) is 9.97 Å². The molecule has 0 aliphatic carbocycles. The summed E-state index contributed by atoms with van der Waals surface area (Å²) < 4.78 is 7.39. The molecular formula is C23H24N4O2S. The summed E-state index contributed by atoms with van der Waals surface area (Å²) in [6.07, 6.45) is 3.88. The molecule has 0 aliphatic heterocycles. The van der Waals surface area contributed by atoms with Crippen LogP contribution >= 0.6 is 11.3 Å². The van der Waals surface area contributed by atoms with Crippen LogP contribution in [-0.2, 0) is 6.54 Å². The van der Waals surface area contributed by atoms with E-state index < -0.39 is 0 Å². The molecule has 0 saturated heterocycles. The molecule has 0 unspecified atom stereocenters. The van der Waals surface area contributed by atoms with Crippen LogP contribution in [0.2, 0.25) is 0 Å². The molecule has 7 heteroatoms. The largest absolute Gasteiger partial charge is 0.497 e. The molecule has 0 spiro atoms. The van der Waals surface area contributed by atoms with Crippen molar-refractivity contribution in [2.45, 2.75) is 33.4 Å². The van der Waals surface area contributed by atoms with Gasteiger partial charge in [0, 0.05) is 35.9 Å². The lowest BCUT2D eigenvalue weighted by molar-refractivity contribution is 0.0954. The highest BCUT2D eigenvalue weighted by atomic mass is 32.1. The monoisotopic (exact) mass is 420 g/mol. The Bertz CT molecular complexity index is 1210. The van der Waals surface area contributed by atoms with Crippen LogP contribution in [0.25, 0.3) is 21.6 Å². The van der Waals surface area contributed by atoms with E-state index >= 15 is 0 Å². The topological polar surface area (TPSA) is 69.0 Å². The Morgan fingerprint density at radius 1 is 1.27 bits per heavy atom. The van der Waals surface area contributed by atoms with Crippen LogP contribution in [-0.4, -0.2) is 27.6 Å². The van der Waals surface area contributed by atoms with Gasteiger partial charge in [0.1, 0.15) is 21.3 Å². The summed E-state index contributed by atoms with van der Waals surface area (Å²) in [5, 5.41) is 4.87. The number of benzene rings is 1. The number of aryl methyl sites for hydroxylation is 1. The van der Waals surface area contributed by atoms with Crippen LogP contribution < -0.4 is 10.1 Å². The standard InChI is InChI=1S/C23H24N4O2S/c1-14(2)27-13-19(18-9-6-10-24-21(18)27)23-26-15(3)20(30-23)22(28)25-12-16-7-5-8-17(11-16)29-4/h5-11,13-14H,12H2,1-4H3,(H,25,28). The molecule has 1 N–H and O–H groups in total. The van der Waals surface area contributed by atoms with Gasteiger partial charge in [-0.1, -0.05) is 12.1 Å². The van der Waals surface area contributed by atoms with E-state index in [0.29, 0.717) is 11.4 Å². The number of rotatable bonds is 6. The van der Waals surface area contributed by atoms with Gasteiger partial charge in [0.25, 0.3) is 5.91 Å². The number of aromatic nitrogens is 3. The van der Waals surface area contributed by atoms with Gasteiger partial charge in [-0.15, -0.1) is 11.3 Å². The number of fused-ring (bicyclic) bond motifs is 1. The van der Waals surface area contributed by atoms with Crippen molar-refractivity contribution in [2.24, 2.45) is 0 Å². The molecule has 0 saturated carbocycles. The Labute approximate surface area is 179 Å². The zero-order valence-electron chi connectivity index (χ0n) is 17.5. The third kappa shape index (κ3) is 3.80. The van der Waals surface area contributed by atoms with Gasteiger partial charge in [0.2, 0.25) is 0 Å². The number of hydrogen-bond acceptors (Lipinski definition) is 5. The van der Waals surface area contributed by atoms with Crippen molar-refractivity contribution < 1.29 is 9.53 Å². The Morgan fingerprint density at radius 2 is 2.10 bits per heavy atom. The number of pyridine rings is 1. The van der Waals surface area contributed by atoms with Crippen LogP contribution in [0.15, 0.2) is 48.8 Å². The molecule has 4 rings (SSSR count). The number of thiazole rings is 1. The number of ether oxygens (including phenoxy) is 1. The predicted molar refractivity (Wildman–Crippen MR) is 120 cm³/mol. The number of carbonyl (C=O) groups excluding carboxylic acids is 1. The summed E-state index contributed by atoms with van der Waals surface area (Å²) in [6, 6.07) is 11.9. The molecule has 30 heavy (non-hydrogen) atoms. The molecule has 1 amide bonds. The lowest BCUT2D eigenvalue weighted by Crippen LogP contribution is -2.22. The van der Waals surface area contributed by atoms with Crippen molar-refractivity contribution in [2.75, 3.05) is 7.11 Å². The quantitative estimate of drug-likeness (QED) is 0.477. The van der Waals surface area contributed by atoms with Crippen LogP contribution in [0.5, 0.6) is 5.75 Å². The number of nitrogens with zero attached hydrogens (tertiary/aromatic N) is 3. The SMILES string of the molecule is COc1cccc(CNC(=O)c2sc(-c3cn(C(C)C)c4ncccc34)nc2C)c1. The Hall–Kier alpha value is -3.19. The van der Waals surface area contributed by atoms with Crippen LogP contribution in [0.1, 0.15) is 40.8 Å². The lowest BCUT2D eigenvalue weighted by atomic mass is 10.2. The molecule has 6 nitrogen and oxygen atoms in total. The van der Waals surface area contributed by atoms with Crippen molar-refractivity contribution in [1.29, 1.82) is 0 Å². The maximum Gasteiger partial charge on any atom is 0.263 e. The van der Waals surface area contributed by atoms with Crippen molar-refractivity contribution in [3.05, 3.63) is 64.9 Å². The highest BCUT2D eigenvalue weighted by Gasteiger charge is 2.20. The van der Waals surface area contributed by atoms with Crippen molar-refractivity contribution in [3.63, 3.8) is 0 Å². The Balaban J connectivity index is 1.60. The third-order valence-corrected chi connectivity index (χ3v) is 6.16. The first kappa shape index (κ1) is 20.1. The Morgan fingerprint density at radius 3 is 2.87 bits per heavy atom. The second-order valence-electron chi connectivity index (χ2n) is 7.39. The Kier molecular flexibility index (Phi) is 5.55. The van der Waals surface area contributed by atoms with E-state index in [1.165, 1.54) is 11.3 Å². The highest BCUT2D eigenvalue weighted by Crippen LogP contribution is 2.35. The van der Waals surface area contributed by atoms with Crippen molar-refractivity contribution >= 4 is 28.3 Å². The molecule has 3 aromatic heterocycles. The fourth-order valence-corrected chi connectivity index (χ4v) is 4.42. The van der Waals surface area contributed by atoms with E-state index in [0.717, 1.165) is 38.6 Å². The predicted octanol–water partition coefficient (Wildman–Crippen LogP) is 4.99. The van der Waals surface area contributed by atoms with E-state index in [4.69, 9.17) is 9.72 Å². The average molecular weight is 421 g/mol. The van der Waals surface area contributed by atoms with Gasteiger partial charge >= 0.3 is 0 Å². The summed E-state index contributed by atoms with van der Waals surface area (Å²) in [4.78, 5) is 22.7. The smallest absolute Gasteiger partial charge is 0.263 e. The van der Waals surface area contributed by atoms with Crippen molar-refractivity contribution in [3.8, 4) is 16.3 Å².